The van der Waals surface area contributed by atoms with Crippen molar-refractivity contribution in [3.05, 3.63) is 59.8 Å². The number of methoxy groups -OCH3 is 1. The van der Waals surface area contributed by atoms with E-state index < -0.39 is 5.91 Å². The van der Waals surface area contributed by atoms with Gasteiger partial charge in [0.05, 0.1) is 7.11 Å². The third-order valence-corrected chi connectivity index (χ3v) is 6.78. The van der Waals surface area contributed by atoms with Crippen LogP contribution < -0.4 is 15.4 Å². The Morgan fingerprint density at radius 2 is 1.88 bits per heavy atom. The number of ether oxygens (including phenoxy) is 1. The number of primary amides is 1. The van der Waals surface area contributed by atoms with Crippen LogP contribution in [0.1, 0.15) is 41.7 Å². The van der Waals surface area contributed by atoms with Crippen LogP contribution >= 0.6 is 0 Å². The van der Waals surface area contributed by atoms with Gasteiger partial charge in [-0.3, -0.25) is 9.59 Å². The van der Waals surface area contributed by atoms with E-state index in [1.165, 1.54) is 0 Å². The lowest BCUT2D eigenvalue weighted by Gasteiger charge is -2.33. The molecule has 2 heterocycles. The van der Waals surface area contributed by atoms with Crippen molar-refractivity contribution >= 4 is 28.4 Å². The van der Waals surface area contributed by atoms with Gasteiger partial charge in [0.2, 0.25) is 11.8 Å². The summed E-state index contributed by atoms with van der Waals surface area (Å²) in [7, 11) is 3.47. The maximum atomic E-state index is 11.7. The van der Waals surface area contributed by atoms with E-state index in [1.54, 1.807) is 32.0 Å². The van der Waals surface area contributed by atoms with Gasteiger partial charge in [-0.25, -0.2) is 0 Å². The number of likely N-dealkylation sites (tertiary alicyclic amines) is 1. The van der Waals surface area contributed by atoms with E-state index >= 15 is 0 Å². The number of nitrogens with zero attached hydrogens (tertiary/aromatic N) is 3. The molecule has 0 saturated carbocycles. The van der Waals surface area contributed by atoms with Crippen LogP contribution in [0, 0.1) is 0 Å². The SMILES string of the molecule is COc1ccc(N(C)C(C)=O)cc1CCN1CCC(n2ccc3ccc(C(N)=O)cc32)CC1. The van der Waals surface area contributed by atoms with Crippen molar-refractivity contribution in [1.82, 2.24) is 9.47 Å². The van der Waals surface area contributed by atoms with E-state index in [2.05, 4.69) is 27.8 Å². The molecule has 0 atom stereocenters. The number of amides is 2. The molecule has 0 aliphatic carbocycles. The molecule has 1 aliphatic rings. The first-order valence-corrected chi connectivity index (χ1v) is 11.4. The molecule has 3 aromatic rings. The van der Waals surface area contributed by atoms with E-state index in [0.717, 1.165) is 66.8 Å². The van der Waals surface area contributed by atoms with Crippen LogP contribution in [0.4, 0.5) is 5.69 Å². The van der Waals surface area contributed by atoms with Crippen LogP contribution in [0.15, 0.2) is 48.7 Å². The second-order valence-electron chi connectivity index (χ2n) is 8.76. The minimum absolute atomic E-state index is 0.00803. The van der Waals surface area contributed by atoms with Crippen LogP contribution in [-0.2, 0) is 11.2 Å². The first-order valence-electron chi connectivity index (χ1n) is 11.4. The summed E-state index contributed by atoms with van der Waals surface area (Å²) < 4.78 is 7.85. The molecule has 0 unspecified atom stereocenters. The first kappa shape index (κ1) is 22.9. The van der Waals surface area contributed by atoms with E-state index in [1.807, 2.05) is 24.3 Å². The number of piperidine rings is 1. The van der Waals surface area contributed by atoms with E-state index in [4.69, 9.17) is 10.5 Å². The Balaban J connectivity index is 1.40. The molecular formula is C26H32N4O3. The third-order valence-electron chi connectivity index (χ3n) is 6.78. The number of nitrogens with two attached hydrogens (primary N) is 1. The fourth-order valence-corrected chi connectivity index (χ4v) is 4.67. The number of hydrogen-bond donors (Lipinski definition) is 1. The first-order chi connectivity index (χ1) is 15.9. The molecular weight excluding hydrogens is 416 g/mol. The van der Waals surface area contributed by atoms with Gasteiger partial charge >= 0.3 is 0 Å². The van der Waals surface area contributed by atoms with Gasteiger partial charge in [-0.15, -0.1) is 0 Å². The van der Waals surface area contributed by atoms with Gasteiger partial charge < -0.3 is 24.8 Å². The fourth-order valence-electron chi connectivity index (χ4n) is 4.67. The maximum Gasteiger partial charge on any atom is 0.248 e. The van der Waals surface area contributed by atoms with Crippen LogP contribution in [0.25, 0.3) is 10.9 Å². The molecule has 0 bridgehead atoms. The van der Waals surface area contributed by atoms with Crippen LogP contribution in [-0.4, -0.2) is 55.1 Å². The zero-order chi connectivity index (χ0) is 23.5. The van der Waals surface area contributed by atoms with Gasteiger partial charge in [-0.05, 0) is 66.6 Å². The van der Waals surface area contributed by atoms with Crippen molar-refractivity contribution in [3.63, 3.8) is 0 Å². The highest BCUT2D eigenvalue weighted by Gasteiger charge is 2.22. The van der Waals surface area contributed by atoms with Crippen molar-refractivity contribution in [3.8, 4) is 5.75 Å². The topological polar surface area (TPSA) is 80.8 Å². The van der Waals surface area contributed by atoms with Crippen molar-refractivity contribution in [2.24, 2.45) is 5.73 Å². The summed E-state index contributed by atoms with van der Waals surface area (Å²) in [6.07, 6.45) is 5.09. The highest BCUT2D eigenvalue weighted by atomic mass is 16.5. The molecule has 4 rings (SSSR count). The summed E-state index contributed by atoms with van der Waals surface area (Å²) in [5.41, 5.74) is 9.09. The molecule has 0 spiro atoms. The zero-order valence-electron chi connectivity index (χ0n) is 19.6. The highest BCUT2D eigenvalue weighted by Crippen LogP contribution is 2.30. The van der Waals surface area contributed by atoms with Crippen LogP contribution in [0.3, 0.4) is 0 Å². The monoisotopic (exact) mass is 448 g/mol. The molecule has 174 valence electrons. The van der Waals surface area contributed by atoms with E-state index in [9.17, 15) is 9.59 Å². The van der Waals surface area contributed by atoms with Gasteiger partial charge in [0, 0.05) is 62.6 Å². The van der Waals surface area contributed by atoms with Crippen LogP contribution in [0.5, 0.6) is 5.75 Å². The summed E-state index contributed by atoms with van der Waals surface area (Å²) in [4.78, 5) is 27.5. The third kappa shape index (κ3) is 4.88. The highest BCUT2D eigenvalue weighted by molar-refractivity contribution is 5.97. The van der Waals surface area contributed by atoms with Gasteiger partial charge in [-0.2, -0.15) is 0 Å². The second kappa shape index (κ2) is 9.67. The predicted molar refractivity (Wildman–Crippen MR) is 131 cm³/mol. The van der Waals surface area contributed by atoms with E-state index in [0.29, 0.717) is 11.6 Å². The minimum Gasteiger partial charge on any atom is -0.496 e. The standard InChI is InChI=1S/C26H32N4O3/c1-18(31)28(2)23-6-7-25(33-3)20(16-23)8-12-29-13-10-22(11-14-29)30-15-9-19-4-5-21(26(27)32)17-24(19)30/h4-7,9,15-17,22H,8,10-14H2,1-3H3,(H2,27,32). The summed E-state index contributed by atoms with van der Waals surface area (Å²) in [5.74, 6) is 0.469. The Morgan fingerprint density at radius 1 is 1.12 bits per heavy atom. The Morgan fingerprint density at radius 3 is 2.55 bits per heavy atom. The molecule has 0 radical (unpaired) electrons. The molecule has 2 N–H and O–H groups in total. The molecule has 7 nitrogen and oxygen atoms in total. The average molecular weight is 449 g/mol. The molecule has 1 saturated heterocycles. The van der Waals surface area contributed by atoms with Gasteiger partial charge in [0.1, 0.15) is 5.75 Å². The number of benzene rings is 2. The fraction of sp³-hybridized carbons (Fsp3) is 0.385. The van der Waals surface area contributed by atoms with Crippen molar-refractivity contribution in [1.29, 1.82) is 0 Å². The predicted octanol–water partition coefficient (Wildman–Crippen LogP) is 3.61. The molecule has 1 aliphatic heterocycles. The normalized spacial score (nSPS) is 15.0. The largest absolute Gasteiger partial charge is 0.496 e. The average Bonchev–Trinajstić information content (AvgIpc) is 3.25. The number of hydrogen-bond acceptors (Lipinski definition) is 4. The quantitative estimate of drug-likeness (QED) is 0.599. The molecule has 1 fully saturated rings. The van der Waals surface area contributed by atoms with Gasteiger partial charge in [-0.1, -0.05) is 6.07 Å². The number of carbonyl (C=O) groups is 2. The molecule has 2 amide bonds. The number of fused-ring (bicyclic) bond motifs is 1. The Hall–Kier alpha value is -3.32. The Bertz CT molecular complexity index is 1160. The van der Waals surface area contributed by atoms with E-state index in [-0.39, 0.29) is 5.91 Å². The maximum absolute atomic E-state index is 11.7. The molecule has 2 aromatic carbocycles. The minimum atomic E-state index is -0.395. The van der Waals surface area contributed by atoms with Gasteiger partial charge in [0.15, 0.2) is 0 Å². The summed E-state index contributed by atoms with van der Waals surface area (Å²) in [5, 5.41) is 1.13. The smallest absolute Gasteiger partial charge is 0.248 e. The van der Waals surface area contributed by atoms with Crippen molar-refractivity contribution in [2.45, 2.75) is 32.2 Å². The lowest BCUT2D eigenvalue weighted by atomic mass is 10.0. The van der Waals surface area contributed by atoms with Crippen molar-refractivity contribution in [2.75, 3.05) is 38.7 Å². The molecule has 1 aromatic heterocycles. The van der Waals surface area contributed by atoms with Crippen LogP contribution in [0.2, 0.25) is 0 Å². The lowest BCUT2D eigenvalue weighted by molar-refractivity contribution is -0.116. The Kier molecular flexibility index (Phi) is 6.70. The van der Waals surface area contributed by atoms with Crippen molar-refractivity contribution < 1.29 is 14.3 Å². The zero-order valence-corrected chi connectivity index (χ0v) is 19.6. The summed E-state index contributed by atoms with van der Waals surface area (Å²) in [6.45, 7) is 4.52. The summed E-state index contributed by atoms with van der Waals surface area (Å²) in [6, 6.07) is 14.1. The number of carbonyl (C=O) groups excluding carboxylic acids is 2. The number of aromatic nitrogens is 1. The second-order valence-corrected chi connectivity index (χ2v) is 8.76. The number of anilines is 1. The van der Waals surface area contributed by atoms with Gasteiger partial charge in [0.25, 0.3) is 0 Å². The Labute approximate surface area is 194 Å². The summed E-state index contributed by atoms with van der Waals surface area (Å²) >= 11 is 0. The molecule has 7 heteroatoms. The molecule has 33 heavy (non-hydrogen) atoms. The lowest BCUT2D eigenvalue weighted by Crippen LogP contribution is -2.35. The number of rotatable bonds is 7.